The standard InChI is InChI=1S/C19H21F3N4OS/c20-19(21,22)14-6-5-7-15(12-14)24-17(27)13-28-18-23-9-8-16(25-18)26-10-3-1-2-4-11-26/h5-9,12H,1-4,10-11,13H2,(H,24,27). The summed E-state index contributed by atoms with van der Waals surface area (Å²) in [6.07, 6.45) is 1.92. The number of hydrogen-bond donors (Lipinski definition) is 1. The average Bonchev–Trinajstić information content (AvgIpc) is 2.96. The number of halogens is 3. The summed E-state index contributed by atoms with van der Waals surface area (Å²) in [4.78, 5) is 23.0. The summed E-state index contributed by atoms with van der Waals surface area (Å²) in [7, 11) is 0. The molecule has 1 fully saturated rings. The van der Waals surface area contributed by atoms with Crippen LogP contribution in [0.3, 0.4) is 0 Å². The van der Waals surface area contributed by atoms with E-state index in [0.717, 1.165) is 55.6 Å². The number of nitrogens with zero attached hydrogens (tertiary/aromatic N) is 3. The molecular weight excluding hydrogens is 389 g/mol. The van der Waals surface area contributed by atoms with E-state index in [9.17, 15) is 18.0 Å². The number of amides is 1. The molecule has 0 spiro atoms. The fraction of sp³-hybridized carbons (Fsp3) is 0.421. The number of nitrogens with one attached hydrogen (secondary N) is 1. The number of rotatable bonds is 5. The lowest BCUT2D eigenvalue weighted by atomic mass is 10.2. The lowest BCUT2D eigenvalue weighted by Crippen LogP contribution is -2.25. The van der Waals surface area contributed by atoms with Crippen molar-refractivity contribution >= 4 is 29.2 Å². The highest BCUT2D eigenvalue weighted by Gasteiger charge is 2.30. The van der Waals surface area contributed by atoms with Crippen LogP contribution in [-0.4, -0.2) is 34.7 Å². The van der Waals surface area contributed by atoms with Crippen molar-refractivity contribution < 1.29 is 18.0 Å². The van der Waals surface area contributed by atoms with Crippen molar-refractivity contribution in [1.82, 2.24) is 9.97 Å². The van der Waals surface area contributed by atoms with Gasteiger partial charge in [-0.1, -0.05) is 30.7 Å². The molecule has 0 aliphatic carbocycles. The Bertz CT molecular complexity index is 808. The molecule has 28 heavy (non-hydrogen) atoms. The Morgan fingerprint density at radius 3 is 2.61 bits per heavy atom. The molecule has 5 nitrogen and oxygen atoms in total. The number of carbonyl (C=O) groups is 1. The fourth-order valence-corrected chi connectivity index (χ4v) is 3.60. The van der Waals surface area contributed by atoms with Crippen LogP contribution in [0.5, 0.6) is 0 Å². The van der Waals surface area contributed by atoms with E-state index in [1.165, 1.54) is 25.0 Å². The van der Waals surface area contributed by atoms with Gasteiger partial charge in [-0.2, -0.15) is 13.2 Å². The number of alkyl halides is 3. The van der Waals surface area contributed by atoms with Gasteiger partial charge in [-0.05, 0) is 37.1 Å². The second-order valence-electron chi connectivity index (χ2n) is 6.51. The molecule has 0 unspecified atom stereocenters. The molecule has 150 valence electrons. The maximum atomic E-state index is 12.8. The Morgan fingerprint density at radius 2 is 1.89 bits per heavy atom. The molecule has 9 heteroatoms. The van der Waals surface area contributed by atoms with Gasteiger partial charge in [0.15, 0.2) is 5.16 Å². The molecule has 0 atom stereocenters. The average molecular weight is 410 g/mol. The molecule has 3 rings (SSSR count). The molecule has 0 radical (unpaired) electrons. The first-order valence-electron chi connectivity index (χ1n) is 9.10. The van der Waals surface area contributed by atoms with Gasteiger partial charge in [-0.25, -0.2) is 9.97 Å². The third kappa shape index (κ3) is 5.85. The highest BCUT2D eigenvalue weighted by atomic mass is 32.2. The molecule has 1 aliphatic heterocycles. The van der Waals surface area contributed by atoms with Crippen LogP contribution in [0.4, 0.5) is 24.7 Å². The quantitative estimate of drug-likeness (QED) is 0.576. The van der Waals surface area contributed by atoms with Crippen LogP contribution in [0.15, 0.2) is 41.7 Å². The van der Waals surface area contributed by atoms with Crippen molar-refractivity contribution in [3.05, 3.63) is 42.1 Å². The number of hydrogen-bond acceptors (Lipinski definition) is 5. The Balaban J connectivity index is 1.57. The van der Waals surface area contributed by atoms with Gasteiger partial charge in [-0.3, -0.25) is 4.79 Å². The monoisotopic (exact) mass is 410 g/mol. The molecular formula is C19H21F3N4OS. The largest absolute Gasteiger partial charge is 0.416 e. The van der Waals surface area contributed by atoms with Gasteiger partial charge in [0.1, 0.15) is 5.82 Å². The number of carbonyl (C=O) groups excluding carboxylic acids is 1. The highest BCUT2D eigenvalue weighted by Crippen LogP contribution is 2.30. The second-order valence-corrected chi connectivity index (χ2v) is 7.46. The zero-order valence-corrected chi connectivity index (χ0v) is 16.0. The van der Waals surface area contributed by atoms with Gasteiger partial charge in [0.25, 0.3) is 0 Å². The minimum Gasteiger partial charge on any atom is -0.356 e. The molecule has 2 heterocycles. The van der Waals surface area contributed by atoms with E-state index in [1.54, 1.807) is 6.20 Å². The van der Waals surface area contributed by atoms with Crippen LogP contribution in [0, 0.1) is 0 Å². The van der Waals surface area contributed by atoms with Gasteiger partial charge in [0.2, 0.25) is 5.91 Å². The second kappa shape index (κ2) is 9.27. The van der Waals surface area contributed by atoms with Crippen molar-refractivity contribution in [3.63, 3.8) is 0 Å². The Kier molecular flexibility index (Phi) is 6.77. The molecule has 0 saturated carbocycles. The summed E-state index contributed by atoms with van der Waals surface area (Å²) >= 11 is 1.16. The maximum Gasteiger partial charge on any atom is 0.416 e. The van der Waals surface area contributed by atoms with E-state index in [1.807, 2.05) is 6.07 Å². The first kappa shape index (κ1) is 20.4. The number of anilines is 2. The van der Waals surface area contributed by atoms with E-state index in [2.05, 4.69) is 20.2 Å². The number of benzene rings is 1. The van der Waals surface area contributed by atoms with E-state index in [-0.39, 0.29) is 11.4 Å². The molecule has 1 aromatic carbocycles. The first-order valence-corrected chi connectivity index (χ1v) is 10.1. The van der Waals surface area contributed by atoms with Gasteiger partial charge in [-0.15, -0.1) is 0 Å². The summed E-state index contributed by atoms with van der Waals surface area (Å²) in [5.41, 5.74) is -0.689. The summed E-state index contributed by atoms with van der Waals surface area (Å²) in [5, 5.41) is 2.96. The van der Waals surface area contributed by atoms with Gasteiger partial charge in [0.05, 0.1) is 11.3 Å². The van der Waals surface area contributed by atoms with Crippen molar-refractivity contribution in [2.45, 2.75) is 37.0 Å². The molecule has 1 amide bonds. The molecule has 1 aromatic heterocycles. The Morgan fingerprint density at radius 1 is 1.14 bits per heavy atom. The highest BCUT2D eigenvalue weighted by molar-refractivity contribution is 7.99. The fourth-order valence-electron chi connectivity index (χ4n) is 2.98. The first-order chi connectivity index (χ1) is 13.4. The summed E-state index contributed by atoms with van der Waals surface area (Å²) in [6.45, 7) is 1.91. The summed E-state index contributed by atoms with van der Waals surface area (Å²) in [6, 6.07) is 6.43. The maximum absolute atomic E-state index is 12.8. The topological polar surface area (TPSA) is 58.1 Å². The Hall–Kier alpha value is -2.29. The van der Waals surface area contributed by atoms with Crippen molar-refractivity contribution in [1.29, 1.82) is 0 Å². The lowest BCUT2D eigenvalue weighted by Gasteiger charge is -2.21. The van der Waals surface area contributed by atoms with Crippen molar-refractivity contribution in [3.8, 4) is 0 Å². The van der Waals surface area contributed by atoms with E-state index < -0.39 is 17.6 Å². The third-order valence-electron chi connectivity index (χ3n) is 4.35. The van der Waals surface area contributed by atoms with Crippen LogP contribution in [0.25, 0.3) is 0 Å². The van der Waals surface area contributed by atoms with Crippen LogP contribution in [-0.2, 0) is 11.0 Å². The van der Waals surface area contributed by atoms with Crippen LogP contribution < -0.4 is 10.2 Å². The normalized spacial score (nSPS) is 15.2. The minimum absolute atomic E-state index is 0.0136. The minimum atomic E-state index is -4.45. The molecule has 1 N–H and O–H groups in total. The lowest BCUT2D eigenvalue weighted by molar-refractivity contribution is -0.137. The SMILES string of the molecule is O=C(CSc1nccc(N2CCCCCC2)n1)Nc1cccc(C(F)(F)F)c1. The Labute approximate surface area is 165 Å². The third-order valence-corrected chi connectivity index (χ3v) is 5.22. The van der Waals surface area contributed by atoms with E-state index in [0.29, 0.717) is 5.16 Å². The van der Waals surface area contributed by atoms with Gasteiger partial charge >= 0.3 is 6.18 Å². The van der Waals surface area contributed by atoms with Crippen molar-refractivity contribution in [2.24, 2.45) is 0 Å². The van der Waals surface area contributed by atoms with E-state index in [4.69, 9.17) is 0 Å². The molecule has 0 bridgehead atoms. The zero-order valence-electron chi connectivity index (χ0n) is 15.2. The van der Waals surface area contributed by atoms with Gasteiger partial charge < -0.3 is 10.2 Å². The predicted octanol–water partition coefficient (Wildman–Crippen LogP) is 4.61. The zero-order chi connectivity index (χ0) is 20.0. The van der Waals surface area contributed by atoms with Crippen LogP contribution in [0.2, 0.25) is 0 Å². The molecule has 1 saturated heterocycles. The smallest absolute Gasteiger partial charge is 0.356 e. The summed E-state index contributed by atoms with van der Waals surface area (Å²) < 4.78 is 38.3. The molecule has 2 aromatic rings. The van der Waals surface area contributed by atoms with Crippen LogP contribution in [0.1, 0.15) is 31.2 Å². The van der Waals surface area contributed by atoms with E-state index >= 15 is 0 Å². The summed E-state index contributed by atoms with van der Waals surface area (Å²) in [5.74, 6) is 0.450. The van der Waals surface area contributed by atoms with Gasteiger partial charge in [0, 0.05) is 25.0 Å². The predicted molar refractivity (Wildman–Crippen MR) is 104 cm³/mol. The van der Waals surface area contributed by atoms with Crippen molar-refractivity contribution in [2.75, 3.05) is 29.1 Å². The number of aromatic nitrogens is 2. The molecule has 1 aliphatic rings. The van der Waals surface area contributed by atoms with Crippen LogP contribution >= 0.6 is 11.8 Å². The number of thioether (sulfide) groups is 1.